The second-order valence-corrected chi connectivity index (χ2v) is 6.45. The third-order valence-electron chi connectivity index (χ3n) is 4.39. The summed E-state index contributed by atoms with van der Waals surface area (Å²) < 4.78 is 18.6. The summed E-state index contributed by atoms with van der Waals surface area (Å²) in [5, 5.41) is 3.04. The Kier molecular flexibility index (Phi) is 5.81. The monoisotopic (exact) mass is 391 g/mol. The maximum atomic E-state index is 13.9. The van der Waals surface area contributed by atoms with Crippen molar-refractivity contribution in [3.63, 3.8) is 0 Å². The van der Waals surface area contributed by atoms with Crippen LogP contribution in [0.2, 0.25) is 5.02 Å². The van der Waals surface area contributed by atoms with E-state index in [1.54, 1.807) is 23.1 Å². The molecular formula is C19H19ClFN3O3. The molecule has 142 valence electrons. The summed E-state index contributed by atoms with van der Waals surface area (Å²) in [6.45, 7) is 1.91. The number of piperazine rings is 1. The first kappa shape index (κ1) is 19.0. The maximum Gasteiger partial charge on any atom is 0.337 e. The summed E-state index contributed by atoms with van der Waals surface area (Å²) in [5.74, 6) is -0.789. The van der Waals surface area contributed by atoms with Gasteiger partial charge in [-0.3, -0.25) is 0 Å². The van der Waals surface area contributed by atoms with Crippen molar-refractivity contribution in [3.8, 4) is 0 Å². The smallest absolute Gasteiger partial charge is 0.337 e. The number of hydrogen-bond donors (Lipinski definition) is 1. The summed E-state index contributed by atoms with van der Waals surface area (Å²) in [4.78, 5) is 27.7. The lowest BCUT2D eigenvalue weighted by atomic mass is 10.2. The molecule has 0 spiro atoms. The maximum absolute atomic E-state index is 13.9. The Morgan fingerprint density at radius 2 is 1.81 bits per heavy atom. The number of anilines is 2. The normalized spacial score (nSPS) is 14.0. The molecule has 1 fully saturated rings. The summed E-state index contributed by atoms with van der Waals surface area (Å²) in [7, 11) is 1.28. The molecule has 0 atom stereocenters. The standard InChI is InChI=1S/C19H19ClFN3O3/c1-27-18(25)13-6-7-14(20)16(12-13)22-19(26)24-10-8-23(9-11-24)17-5-3-2-4-15(17)21/h2-7,12H,8-11H2,1H3,(H,22,26). The SMILES string of the molecule is COC(=O)c1ccc(Cl)c(NC(=O)N2CCN(c3ccccc3F)CC2)c1. The fourth-order valence-electron chi connectivity index (χ4n) is 2.92. The van der Waals surface area contributed by atoms with Crippen LogP contribution < -0.4 is 10.2 Å². The second-order valence-electron chi connectivity index (χ2n) is 6.04. The largest absolute Gasteiger partial charge is 0.465 e. The molecule has 0 bridgehead atoms. The first-order chi connectivity index (χ1) is 13.0. The molecule has 1 saturated heterocycles. The van der Waals surface area contributed by atoms with Gasteiger partial charge in [0.05, 0.1) is 29.1 Å². The zero-order valence-corrected chi connectivity index (χ0v) is 15.5. The molecule has 1 N–H and O–H groups in total. The van der Waals surface area contributed by atoms with Gasteiger partial charge in [0.25, 0.3) is 0 Å². The van der Waals surface area contributed by atoms with E-state index in [0.717, 1.165) is 0 Å². The zero-order valence-electron chi connectivity index (χ0n) is 14.7. The van der Waals surface area contributed by atoms with Gasteiger partial charge in [-0.15, -0.1) is 0 Å². The molecule has 8 heteroatoms. The Morgan fingerprint density at radius 3 is 2.48 bits per heavy atom. The van der Waals surface area contributed by atoms with Crippen molar-refractivity contribution in [3.05, 3.63) is 58.9 Å². The first-order valence-electron chi connectivity index (χ1n) is 8.43. The molecule has 3 rings (SSSR count). The van der Waals surface area contributed by atoms with Gasteiger partial charge in [-0.1, -0.05) is 23.7 Å². The number of amides is 2. The summed E-state index contributed by atoms with van der Waals surface area (Å²) in [6, 6.07) is 10.8. The van der Waals surface area contributed by atoms with Crippen LogP contribution in [0.4, 0.5) is 20.6 Å². The highest BCUT2D eigenvalue weighted by atomic mass is 35.5. The Morgan fingerprint density at radius 1 is 1.11 bits per heavy atom. The molecule has 1 aliphatic heterocycles. The van der Waals surface area contributed by atoms with E-state index < -0.39 is 5.97 Å². The van der Waals surface area contributed by atoms with Gasteiger partial charge in [-0.05, 0) is 30.3 Å². The molecule has 27 heavy (non-hydrogen) atoms. The molecule has 2 amide bonds. The topological polar surface area (TPSA) is 61.9 Å². The van der Waals surface area contributed by atoms with Crippen LogP contribution in [0.1, 0.15) is 10.4 Å². The van der Waals surface area contributed by atoms with Crippen LogP contribution in [0.15, 0.2) is 42.5 Å². The Balaban J connectivity index is 1.63. The Bertz CT molecular complexity index is 854. The van der Waals surface area contributed by atoms with Crippen LogP contribution in [0.3, 0.4) is 0 Å². The zero-order chi connectivity index (χ0) is 19.4. The lowest BCUT2D eigenvalue weighted by molar-refractivity contribution is 0.0600. The lowest BCUT2D eigenvalue weighted by Gasteiger charge is -2.36. The van der Waals surface area contributed by atoms with E-state index in [2.05, 4.69) is 10.1 Å². The van der Waals surface area contributed by atoms with Crippen LogP contribution in [-0.4, -0.2) is 50.2 Å². The number of nitrogens with zero attached hydrogens (tertiary/aromatic N) is 2. The van der Waals surface area contributed by atoms with Crippen LogP contribution in [0.5, 0.6) is 0 Å². The number of para-hydroxylation sites is 1. The number of rotatable bonds is 3. The summed E-state index contributed by atoms with van der Waals surface area (Å²) in [5.41, 5.74) is 1.16. The number of esters is 1. The van der Waals surface area contributed by atoms with E-state index in [4.69, 9.17) is 11.6 Å². The molecular weight excluding hydrogens is 373 g/mol. The minimum atomic E-state index is -0.513. The van der Waals surface area contributed by atoms with E-state index in [1.807, 2.05) is 4.90 Å². The lowest BCUT2D eigenvalue weighted by Crippen LogP contribution is -2.50. The van der Waals surface area contributed by atoms with Crippen molar-refractivity contribution < 1.29 is 18.7 Å². The Labute approximate surface area is 161 Å². The first-order valence-corrected chi connectivity index (χ1v) is 8.80. The predicted molar refractivity (Wildman–Crippen MR) is 102 cm³/mol. The van der Waals surface area contributed by atoms with Gasteiger partial charge in [0, 0.05) is 26.2 Å². The highest BCUT2D eigenvalue weighted by molar-refractivity contribution is 6.33. The molecule has 0 unspecified atom stereocenters. The van der Waals surface area contributed by atoms with Gasteiger partial charge in [-0.2, -0.15) is 0 Å². The number of benzene rings is 2. The molecule has 0 aliphatic carbocycles. The summed E-state index contributed by atoms with van der Waals surface area (Å²) in [6.07, 6.45) is 0. The number of carbonyl (C=O) groups excluding carboxylic acids is 2. The quantitative estimate of drug-likeness (QED) is 0.812. The minimum absolute atomic E-state index is 0.276. The molecule has 2 aromatic rings. The van der Waals surface area contributed by atoms with Crippen LogP contribution in [0.25, 0.3) is 0 Å². The van der Waals surface area contributed by atoms with Gasteiger partial charge < -0.3 is 19.9 Å². The highest BCUT2D eigenvalue weighted by Gasteiger charge is 2.23. The van der Waals surface area contributed by atoms with Gasteiger partial charge in [0.1, 0.15) is 5.82 Å². The van der Waals surface area contributed by atoms with Gasteiger partial charge in [0.15, 0.2) is 0 Å². The molecule has 0 aromatic heterocycles. The number of carbonyl (C=O) groups is 2. The number of halogens is 2. The molecule has 0 radical (unpaired) electrons. The van der Waals surface area contributed by atoms with Crippen molar-refractivity contribution in [2.75, 3.05) is 43.5 Å². The second kappa shape index (κ2) is 8.26. The fraction of sp³-hybridized carbons (Fsp3) is 0.263. The van der Waals surface area contributed by atoms with Crippen LogP contribution in [-0.2, 0) is 4.74 Å². The van der Waals surface area contributed by atoms with Crippen molar-refractivity contribution in [1.29, 1.82) is 0 Å². The number of nitrogens with one attached hydrogen (secondary N) is 1. The average Bonchev–Trinajstić information content (AvgIpc) is 2.69. The van der Waals surface area contributed by atoms with Crippen molar-refractivity contribution in [2.24, 2.45) is 0 Å². The van der Waals surface area contributed by atoms with E-state index in [0.29, 0.717) is 48.1 Å². The molecule has 1 aliphatic rings. The molecule has 2 aromatic carbocycles. The van der Waals surface area contributed by atoms with Gasteiger partial charge >= 0.3 is 12.0 Å². The van der Waals surface area contributed by atoms with Gasteiger partial charge in [0.2, 0.25) is 0 Å². The van der Waals surface area contributed by atoms with E-state index in [9.17, 15) is 14.0 Å². The van der Waals surface area contributed by atoms with Crippen molar-refractivity contribution >= 4 is 35.0 Å². The number of ether oxygens (including phenoxy) is 1. The van der Waals surface area contributed by atoms with E-state index in [1.165, 1.54) is 31.4 Å². The number of urea groups is 1. The third-order valence-corrected chi connectivity index (χ3v) is 4.72. The van der Waals surface area contributed by atoms with Gasteiger partial charge in [-0.25, -0.2) is 14.0 Å². The van der Waals surface area contributed by atoms with Crippen molar-refractivity contribution in [2.45, 2.75) is 0 Å². The van der Waals surface area contributed by atoms with Crippen molar-refractivity contribution in [1.82, 2.24) is 4.90 Å². The predicted octanol–water partition coefficient (Wildman–Crippen LogP) is 3.62. The number of hydrogen-bond acceptors (Lipinski definition) is 4. The van der Waals surface area contributed by atoms with E-state index in [-0.39, 0.29) is 11.8 Å². The molecule has 1 heterocycles. The van der Waals surface area contributed by atoms with Crippen LogP contribution in [0, 0.1) is 5.82 Å². The third kappa shape index (κ3) is 4.31. The highest BCUT2D eigenvalue weighted by Crippen LogP contribution is 2.25. The van der Waals surface area contributed by atoms with E-state index >= 15 is 0 Å². The minimum Gasteiger partial charge on any atom is -0.465 e. The summed E-state index contributed by atoms with van der Waals surface area (Å²) >= 11 is 6.11. The molecule has 6 nitrogen and oxygen atoms in total. The Hall–Kier alpha value is -2.80. The molecule has 0 saturated carbocycles. The number of methoxy groups -OCH3 is 1. The van der Waals surface area contributed by atoms with Crippen LogP contribution >= 0.6 is 11.6 Å². The fourth-order valence-corrected chi connectivity index (χ4v) is 3.08. The average molecular weight is 392 g/mol.